The zero-order chi connectivity index (χ0) is 12.1. The second kappa shape index (κ2) is 6.07. The molecule has 1 aromatic heterocycles. The van der Waals surface area contributed by atoms with Crippen LogP contribution in [0.2, 0.25) is 0 Å². The first-order valence-corrected chi connectivity index (χ1v) is 7.06. The van der Waals surface area contributed by atoms with Gasteiger partial charge in [-0.2, -0.15) is 0 Å². The zero-order valence-electron chi connectivity index (χ0n) is 9.57. The molecule has 4 heteroatoms. The lowest BCUT2D eigenvalue weighted by molar-refractivity contribution is 0.412. The molecule has 0 spiro atoms. The van der Waals surface area contributed by atoms with Gasteiger partial charge in [0.2, 0.25) is 0 Å². The second-order valence-electron chi connectivity index (χ2n) is 3.61. The minimum Gasteiger partial charge on any atom is -0.496 e. The summed E-state index contributed by atoms with van der Waals surface area (Å²) in [5.74, 6) is 0.855. The van der Waals surface area contributed by atoms with Crippen LogP contribution in [-0.2, 0) is 6.42 Å². The van der Waals surface area contributed by atoms with Gasteiger partial charge in [0.15, 0.2) is 0 Å². The standard InChI is InChI=1S/C13H14BrNOS/c1-16-13-5-4-10(9-12(13)14)15-7-6-11-3-2-8-17-11/h2-5,8-9,15H,6-7H2,1H3. The zero-order valence-corrected chi connectivity index (χ0v) is 12.0. The second-order valence-corrected chi connectivity index (χ2v) is 5.49. The molecule has 0 saturated carbocycles. The fraction of sp³-hybridized carbons (Fsp3) is 0.231. The van der Waals surface area contributed by atoms with E-state index < -0.39 is 0 Å². The fourth-order valence-electron chi connectivity index (χ4n) is 1.56. The van der Waals surface area contributed by atoms with Gasteiger partial charge in [-0.15, -0.1) is 11.3 Å². The lowest BCUT2D eigenvalue weighted by atomic mass is 10.3. The molecule has 0 unspecified atom stereocenters. The Labute approximate surface area is 114 Å². The van der Waals surface area contributed by atoms with E-state index in [1.165, 1.54) is 4.88 Å². The third-order valence-electron chi connectivity index (χ3n) is 2.43. The van der Waals surface area contributed by atoms with Crippen LogP contribution in [0.3, 0.4) is 0 Å². The molecule has 1 aromatic carbocycles. The van der Waals surface area contributed by atoms with Gasteiger partial charge in [0.1, 0.15) is 5.75 Å². The normalized spacial score (nSPS) is 10.2. The van der Waals surface area contributed by atoms with E-state index in [4.69, 9.17) is 4.74 Å². The number of rotatable bonds is 5. The van der Waals surface area contributed by atoms with Gasteiger partial charge in [0.25, 0.3) is 0 Å². The van der Waals surface area contributed by atoms with Crippen molar-refractivity contribution in [1.29, 1.82) is 0 Å². The first kappa shape index (κ1) is 12.5. The Morgan fingerprint density at radius 2 is 2.24 bits per heavy atom. The van der Waals surface area contributed by atoms with Gasteiger partial charge in [-0.25, -0.2) is 0 Å². The van der Waals surface area contributed by atoms with Gasteiger partial charge < -0.3 is 10.1 Å². The van der Waals surface area contributed by atoms with E-state index in [0.717, 1.165) is 28.9 Å². The number of benzene rings is 1. The third-order valence-corrected chi connectivity index (χ3v) is 3.99. The monoisotopic (exact) mass is 311 g/mol. The van der Waals surface area contributed by atoms with Gasteiger partial charge in [0.05, 0.1) is 11.6 Å². The van der Waals surface area contributed by atoms with E-state index in [-0.39, 0.29) is 0 Å². The molecule has 2 aromatic rings. The Bertz CT molecular complexity index is 470. The molecular formula is C13H14BrNOS. The van der Waals surface area contributed by atoms with E-state index >= 15 is 0 Å². The van der Waals surface area contributed by atoms with Crippen molar-refractivity contribution in [3.8, 4) is 5.75 Å². The molecule has 0 fully saturated rings. The summed E-state index contributed by atoms with van der Waals surface area (Å²) in [6.07, 6.45) is 1.06. The van der Waals surface area contributed by atoms with Crippen LogP contribution in [0.25, 0.3) is 0 Å². The quantitative estimate of drug-likeness (QED) is 0.894. The molecule has 90 valence electrons. The average molecular weight is 312 g/mol. The maximum Gasteiger partial charge on any atom is 0.133 e. The lowest BCUT2D eigenvalue weighted by Crippen LogP contribution is -2.03. The number of halogens is 1. The molecular weight excluding hydrogens is 298 g/mol. The van der Waals surface area contributed by atoms with E-state index in [0.29, 0.717) is 0 Å². The number of hydrogen-bond acceptors (Lipinski definition) is 3. The number of nitrogens with one attached hydrogen (secondary N) is 1. The summed E-state index contributed by atoms with van der Waals surface area (Å²) in [6.45, 7) is 0.944. The number of ether oxygens (including phenoxy) is 1. The predicted molar refractivity (Wildman–Crippen MR) is 77.2 cm³/mol. The number of anilines is 1. The summed E-state index contributed by atoms with van der Waals surface area (Å²) in [6, 6.07) is 10.3. The van der Waals surface area contributed by atoms with E-state index in [2.05, 4.69) is 38.8 Å². The van der Waals surface area contributed by atoms with Gasteiger partial charge in [0, 0.05) is 17.1 Å². The molecule has 0 bridgehead atoms. The largest absolute Gasteiger partial charge is 0.496 e. The smallest absolute Gasteiger partial charge is 0.133 e. The van der Waals surface area contributed by atoms with Crippen molar-refractivity contribution in [2.75, 3.05) is 19.0 Å². The maximum atomic E-state index is 5.19. The van der Waals surface area contributed by atoms with Crippen molar-refractivity contribution in [1.82, 2.24) is 0 Å². The lowest BCUT2D eigenvalue weighted by Gasteiger charge is -2.08. The summed E-state index contributed by atoms with van der Waals surface area (Å²) < 4.78 is 6.16. The van der Waals surface area contributed by atoms with Gasteiger partial charge in [-0.05, 0) is 52.0 Å². The minimum absolute atomic E-state index is 0.855. The fourth-order valence-corrected chi connectivity index (χ4v) is 2.81. The van der Waals surface area contributed by atoms with Gasteiger partial charge in [-0.1, -0.05) is 6.07 Å². The summed E-state index contributed by atoms with van der Waals surface area (Å²) in [4.78, 5) is 1.41. The van der Waals surface area contributed by atoms with Crippen LogP contribution >= 0.6 is 27.3 Å². The molecule has 0 saturated heterocycles. The van der Waals surface area contributed by atoms with Crippen LogP contribution in [0.1, 0.15) is 4.88 Å². The highest BCUT2D eigenvalue weighted by atomic mass is 79.9. The summed E-state index contributed by atoms with van der Waals surface area (Å²) in [5.41, 5.74) is 1.11. The Hall–Kier alpha value is -1.00. The van der Waals surface area contributed by atoms with E-state index in [1.807, 2.05) is 18.2 Å². The Morgan fingerprint density at radius 1 is 1.35 bits per heavy atom. The van der Waals surface area contributed by atoms with Crippen molar-refractivity contribution >= 4 is 33.0 Å². The van der Waals surface area contributed by atoms with E-state index in [9.17, 15) is 0 Å². The first-order chi connectivity index (χ1) is 8.29. The van der Waals surface area contributed by atoms with Crippen molar-refractivity contribution in [2.24, 2.45) is 0 Å². The van der Waals surface area contributed by atoms with Crippen molar-refractivity contribution in [3.05, 3.63) is 45.1 Å². The topological polar surface area (TPSA) is 21.3 Å². The molecule has 0 radical (unpaired) electrons. The van der Waals surface area contributed by atoms with E-state index in [1.54, 1.807) is 18.4 Å². The average Bonchev–Trinajstić information content (AvgIpc) is 2.82. The number of hydrogen-bond donors (Lipinski definition) is 1. The van der Waals surface area contributed by atoms with Crippen molar-refractivity contribution in [2.45, 2.75) is 6.42 Å². The molecule has 2 nitrogen and oxygen atoms in total. The van der Waals surface area contributed by atoms with Crippen LogP contribution < -0.4 is 10.1 Å². The van der Waals surface area contributed by atoms with Gasteiger partial charge in [-0.3, -0.25) is 0 Å². The minimum atomic E-state index is 0.855. The first-order valence-electron chi connectivity index (χ1n) is 5.39. The van der Waals surface area contributed by atoms with Crippen LogP contribution in [-0.4, -0.2) is 13.7 Å². The Balaban J connectivity index is 1.89. The molecule has 0 atom stereocenters. The number of thiophene rings is 1. The third kappa shape index (κ3) is 3.48. The molecule has 1 N–H and O–H groups in total. The maximum absolute atomic E-state index is 5.19. The summed E-state index contributed by atoms with van der Waals surface area (Å²) in [5, 5.41) is 5.51. The highest BCUT2D eigenvalue weighted by molar-refractivity contribution is 9.10. The van der Waals surface area contributed by atoms with Crippen molar-refractivity contribution in [3.63, 3.8) is 0 Å². The number of methoxy groups -OCH3 is 1. The predicted octanol–water partition coefficient (Wildman–Crippen LogP) is 4.17. The van der Waals surface area contributed by atoms with Crippen LogP contribution in [0, 0.1) is 0 Å². The molecule has 1 heterocycles. The van der Waals surface area contributed by atoms with Crippen LogP contribution in [0.5, 0.6) is 5.75 Å². The molecule has 0 aliphatic rings. The van der Waals surface area contributed by atoms with Gasteiger partial charge >= 0.3 is 0 Å². The van der Waals surface area contributed by atoms with Crippen LogP contribution in [0.4, 0.5) is 5.69 Å². The van der Waals surface area contributed by atoms with Crippen molar-refractivity contribution < 1.29 is 4.74 Å². The molecule has 0 amide bonds. The summed E-state index contributed by atoms with van der Waals surface area (Å²) >= 11 is 5.27. The Kier molecular flexibility index (Phi) is 4.45. The summed E-state index contributed by atoms with van der Waals surface area (Å²) in [7, 11) is 1.67. The molecule has 0 aliphatic heterocycles. The molecule has 2 rings (SSSR count). The highest BCUT2D eigenvalue weighted by Crippen LogP contribution is 2.27. The molecule has 17 heavy (non-hydrogen) atoms. The highest BCUT2D eigenvalue weighted by Gasteiger charge is 2.01. The van der Waals surface area contributed by atoms with Crippen LogP contribution in [0.15, 0.2) is 40.2 Å². The SMILES string of the molecule is COc1ccc(NCCc2cccs2)cc1Br. The Morgan fingerprint density at radius 3 is 2.88 bits per heavy atom. The molecule has 0 aliphatic carbocycles.